The molecule has 29 nitrogen and oxygen atoms in total. The molecule has 1 aromatic carbocycles. The largest absolute Gasteiger partial charge is 0.463 e. The summed E-state index contributed by atoms with van der Waals surface area (Å²) in [6.07, 6.45) is -2.93. The van der Waals surface area contributed by atoms with Crippen molar-refractivity contribution >= 4 is 76.9 Å². The highest BCUT2D eigenvalue weighted by atomic mass is 19.4. The number of nitrogens with one attached hydrogen (secondary N) is 5. The lowest BCUT2D eigenvalue weighted by Crippen LogP contribution is -2.63. The number of rotatable bonds is 23. The van der Waals surface area contributed by atoms with Crippen LogP contribution in [0.25, 0.3) is 0 Å². The second-order valence-electron chi connectivity index (χ2n) is 30.9. The summed E-state index contributed by atoms with van der Waals surface area (Å²) in [5.41, 5.74) is -2.98. The first kappa shape index (κ1) is 92.6. The zero-order valence-electron chi connectivity index (χ0n) is 67.0. The van der Waals surface area contributed by atoms with Crippen molar-refractivity contribution in [3.63, 3.8) is 0 Å². The lowest BCUT2D eigenvalue weighted by atomic mass is 9.91. The monoisotopic (exact) mass is 1510 g/mol. The van der Waals surface area contributed by atoms with Crippen molar-refractivity contribution in [2.75, 3.05) is 69.0 Å². The molecule has 3 rings (SSSR count). The maximum atomic E-state index is 15.4. The molecule has 0 aliphatic carbocycles. The Hall–Kier alpha value is -8.58. The molecule has 0 spiro atoms. The van der Waals surface area contributed by atoms with Crippen LogP contribution in [0.1, 0.15) is 178 Å². The maximum Gasteiger partial charge on any atom is 0.442 e. The number of carbonyl (C=O) groups is 13. The van der Waals surface area contributed by atoms with Gasteiger partial charge < -0.3 is 70.7 Å². The van der Waals surface area contributed by atoms with Gasteiger partial charge in [0, 0.05) is 73.4 Å². The van der Waals surface area contributed by atoms with E-state index in [9.17, 15) is 61.4 Å². The zero-order chi connectivity index (χ0) is 81.8. The van der Waals surface area contributed by atoms with Crippen LogP contribution in [-0.2, 0) is 67.9 Å². The molecule has 0 aromatic heterocycles. The Bertz CT molecular complexity index is 3320. The lowest BCUT2D eigenvalue weighted by Gasteiger charge is -2.41. The van der Waals surface area contributed by atoms with E-state index in [-0.39, 0.29) is 92.7 Å². The van der Waals surface area contributed by atoms with Gasteiger partial charge in [0.15, 0.2) is 0 Å². The van der Waals surface area contributed by atoms with Gasteiger partial charge >= 0.3 is 17.8 Å². The molecule has 3 unspecified atom stereocenters. The van der Waals surface area contributed by atoms with Gasteiger partial charge in [-0.3, -0.25) is 62.3 Å². The quantitative estimate of drug-likeness (QED) is 0.0467. The lowest BCUT2D eigenvalue weighted by molar-refractivity contribution is -0.166. The summed E-state index contributed by atoms with van der Waals surface area (Å²) in [5.74, 6) is -13.5. The fourth-order valence-electron chi connectivity index (χ4n) is 12.8. The number of nitrogens with zero attached hydrogens (tertiary/aromatic N) is 9. The molecule has 0 radical (unpaired) electrons. The smallest absolute Gasteiger partial charge is 0.442 e. The Morgan fingerprint density at radius 1 is 0.589 bits per heavy atom. The number of likely N-dealkylation sites (N-methyl/N-ethyl adjacent to an activating group) is 7. The topological polar surface area (TPSA) is 359 Å². The summed E-state index contributed by atoms with van der Waals surface area (Å²) in [7, 11) is 9.41. The fraction of sp³-hybridized carbons (Fsp3) is 0.720. The number of allylic oxidation sites excluding steroid dienone is 2. The fourth-order valence-corrected chi connectivity index (χ4v) is 12.8. The summed E-state index contributed by atoms with van der Waals surface area (Å²) < 4.78 is 46.5. The highest BCUT2D eigenvalue weighted by molar-refractivity contribution is 6.00. The third-order valence-corrected chi connectivity index (χ3v) is 19.5. The first-order chi connectivity index (χ1) is 49.6. The summed E-state index contributed by atoms with van der Waals surface area (Å²) in [5, 5.41) is 31.9. The van der Waals surface area contributed by atoms with E-state index < -0.39 is 186 Å². The number of hydrogen-bond acceptors (Lipinski definition) is 17. The summed E-state index contributed by atoms with van der Waals surface area (Å²) in [4.78, 5) is 198. The Labute approximate surface area is 629 Å². The first-order valence-electron chi connectivity index (χ1n) is 37.0. The average Bonchev–Trinajstić information content (AvgIpc) is 1.58. The number of alkyl halides is 3. The van der Waals surface area contributed by atoms with Crippen molar-refractivity contribution in [2.45, 2.75) is 241 Å². The molecule has 2 aliphatic heterocycles. The van der Waals surface area contributed by atoms with Gasteiger partial charge in [-0.2, -0.15) is 13.2 Å². The van der Waals surface area contributed by atoms with E-state index in [0.717, 1.165) is 36.6 Å². The van der Waals surface area contributed by atoms with Crippen LogP contribution in [0.4, 0.5) is 13.2 Å². The molecule has 12 amide bonds. The molecule has 12 atom stereocenters. The van der Waals surface area contributed by atoms with Crippen molar-refractivity contribution in [2.24, 2.45) is 51.7 Å². The van der Waals surface area contributed by atoms with Gasteiger partial charge in [-0.05, 0) is 112 Å². The Kier molecular flexibility index (Phi) is 35.6. The molecule has 1 fully saturated rings. The zero-order valence-corrected chi connectivity index (χ0v) is 67.0. The highest BCUT2D eigenvalue weighted by Crippen LogP contribution is 2.52. The Balaban J connectivity index is 2.29. The third-order valence-electron chi connectivity index (χ3n) is 19.5. The van der Waals surface area contributed by atoms with Gasteiger partial charge in [0.05, 0.1) is 12.6 Å². The van der Waals surface area contributed by atoms with E-state index in [1.165, 1.54) is 78.2 Å². The number of benzene rings is 1. The average molecular weight is 1520 g/mol. The Morgan fingerprint density at radius 2 is 1.06 bits per heavy atom. The predicted molar refractivity (Wildman–Crippen MR) is 394 cm³/mol. The van der Waals surface area contributed by atoms with Crippen LogP contribution < -0.4 is 26.6 Å². The van der Waals surface area contributed by atoms with Crippen molar-refractivity contribution in [1.29, 1.82) is 0 Å². The van der Waals surface area contributed by atoms with E-state index in [1.54, 1.807) is 88.3 Å². The van der Waals surface area contributed by atoms with Crippen molar-refractivity contribution < 1.29 is 85.3 Å². The van der Waals surface area contributed by atoms with Gasteiger partial charge in [0.2, 0.25) is 65.0 Å². The molecule has 6 N–H and O–H groups in total. The third kappa shape index (κ3) is 25.3. The van der Waals surface area contributed by atoms with Crippen LogP contribution in [0.2, 0.25) is 0 Å². The van der Waals surface area contributed by atoms with Gasteiger partial charge in [0.25, 0.3) is 5.91 Å². The van der Waals surface area contributed by atoms with Crippen LogP contribution >= 0.6 is 0 Å². The van der Waals surface area contributed by atoms with E-state index in [4.69, 9.17) is 4.74 Å². The molecule has 2 aliphatic rings. The summed E-state index contributed by atoms with van der Waals surface area (Å²) in [6, 6.07) is -9.72. The molecule has 2 heterocycles. The minimum atomic E-state index is -4.78. The number of amides is 12. The second kappa shape index (κ2) is 41.1. The Morgan fingerprint density at radius 3 is 1.53 bits per heavy atom. The van der Waals surface area contributed by atoms with Crippen LogP contribution in [0.15, 0.2) is 46.6 Å². The van der Waals surface area contributed by atoms with Crippen molar-refractivity contribution in [3.8, 4) is 0 Å². The molecule has 32 heteroatoms. The molecular weight excluding hydrogens is 1390 g/mol. The minimum Gasteiger partial charge on any atom is -0.463 e. The molecule has 1 saturated heterocycles. The van der Waals surface area contributed by atoms with E-state index in [2.05, 4.69) is 36.8 Å². The normalized spacial score (nSPS) is 24.7. The van der Waals surface area contributed by atoms with Gasteiger partial charge in [-0.1, -0.05) is 121 Å². The molecule has 1 aromatic rings. The maximum absolute atomic E-state index is 15.4. The standard InChI is InChI=1S/C75H121F3N14O15/c1-24-26-28-47(15)62(95)61-67(100)81-51(25-2)68(101)86(17)39-57(93)87(18)53(35-41(3)4)66(99)83-59(45(11)12)72(105)88(19)54(36-42(5)6)65(98)80-48(16)63(96)82-52(40-107-58(94)29-27-34-79-64(97)49-30-32-50(33-31-49)74(84-85-74)75(76,77)78)69(102)89(20)55(37-43(7)8)70(103)90(21)56(38-44(9)10)71(104)91(22)60(46(13)14)73(106)92(61)23/h24,26,30-33,41-48,51-56,59-62,95H,25,27-29,34-40H2,1-23H3,(H,79,97)(H,80,98)(H,81,100)(H,82,96)(H,83,99)/b26-24+/t47?,48-,51-,52?,53-,54-,55-,56-,59-,60-,61-,62?/m0/s1. The van der Waals surface area contributed by atoms with Crippen LogP contribution in [-0.4, -0.2) is 258 Å². The minimum absolute atomic E-state index is 0.00137. The molecule has 107 heavy (non-hydrogen) atoms. The number of esters is 1. The number of aliphatic hydroxyl groups excluding tert-OH is 1. The molecular formula is C75H121F3N14O15. The van der Waals surface area contributed by atoms with Crippen molar-refractivity contribution in [1.82, 2.24) is 60.9 Å². The van der Waals surface area contributed by atoms with Gasteiger partial charge in [0.1, 0.15) is 67.0 Å². The van der Waals surface area contributed by atoms with Crippen LogP contribution in [0.5, 0.6) is 0 Å². The molecule has 0 bridgehead atoms. The van der Waals surface area contributed by atoms with Gasteiger partial charge in [-0.15, -0.1) is 10.2 Å². The number of ether oxygens (including phenoxy) is 1. The number of hydrogen-bond donors (Lipinski definition) is 6. The summed E-state index contributed by atoms with van der Waals surface area (Å²) >= 11 is 0. The van der Waals surface area contributed by atoms with Crippen molar-refractivity contribution in [3.05, 3.63) is 47.5 Å². The predicted octanol–water partition coefficient (Wildman–Crippen LogP) is 5.18. The number of aliphatic hydroxyl groups is 1. The first-order valence-corrected chi connectivity index (χ1v) is 37.0. The van der Waals surface area contributed by atoms with E-state index >= 15 is 19.2 Å². The van der Waals surface area contributed by atoms with E-state index in [1.807, 2.05) is 27.7 Å². The highest BCUT2D eigenvalue weighted by Gasteiger charge is 2.65. The summed E-state index contributed by atoms with van der Waals surface area (Å²) in [6.45, 7) is 25.9. The molecule has 0 saturated carbocycles. The van der Waals surface area contributed by atoms with Crippen LogP contribution in [0, 0.1) is 41.4 Å². The molecule has 602 valence electrons. The SMILES string of the molecule is C/C=C/CC(C)C(O)[C@H]1C(=O)N[C@@H](CC)C(=O)N(C)CC(=O)N(C)[C@@H](CC(C)C)C(=O)N[C@@H](C(C)C)C(=O)N(C)[C@@H](CC(C)C)C(=O)N[C@@H](C)C(=O)NC(COC(=O)CCCNC(=O)c2ccc(C3(C(F)(F)F)N=N3)cc2)C(=O)N(C)[C@@H](CC(C)C)C(=O)N(C)[C@@H](CC(C)C)C(=O)N(C)[C@@H](C(C)C)C(=O)N1C. The second-order valence-corrected chi connectivity index (χ2v) is 30.9. The van der Waals surface area contributed by atoms with Gasteiger partial charge in [-0.25, -0.2) is 0 Å². The van der Waals surface area contributed by atoms with E-state index in [0.29, 0.717) is 0 Å². The number of halogens is 3. The van der Waals surface area contributed by atoms with Crippen LogP contribution in [0.3, 0.4) is 0 Å². The number of carbonyl (C=O) groups excluding carboxylic acids is 13.